The van der Waals surface area contributed by atoms with Crippen LogP contribution < -0.4 is 0 Å². The average Bonchev–Trinajstić information content (AvgIpc) is 2.16. The number of hydrogen-bond acceptors (Lipinski definition) is 3. The Balaban J connectivity index is 2.34. The molecule has 0 heterocycles. The fourth-order valence-corrected chi connectivity index (χ4v) is 1.99. The maximum Gasteiger partial charge on any atom is 0.101 e. The van der Waals surface area contributed by atoms with Gasteiger partial charge >= 0.3 is 0 Å². The van der Waals surface area contributed by atoms with Crippen LogP contribution in [-0.2, 0) is 6.42 Å². The highest BCUT2D eigenvalue weighted by molar-refractivity contribution is 8.41. The molecule has 0 amide bonds. The normalized spacial score (nSPS) is 12.4. The van der Waals surface area contributed by atoms with Crippen LogP contribution in [0.3, 0.4) is 0 Å². The van der Waals surface area contributed by atoms with Gasteiger partial charge in [0.25, 0.3) is 0 Å². The molecule has 0 aromatic heterocycles. The van der Waals surface area contributed by atoms with E-state index in [4.69, 9.17) is 12.2 Å². The second kappa shape index (κ2) is 6.45. The summed E-state index contributed by atoms with van der Waals surface area (Å²) >= 11 is 10.2. The first kappa shape index (κ1) is 12.0. The van der Waals surface area contributed by atoms with Crippen LogP contribution >= 0.6 is 36.6 Å². The van der Waals surface area contributed by atoms with E-state index >= 15 is 0 Å². The van der Waals surface area contributed by atoms with Gasteiger partial charge in [-0.1, -0.05) is 42.5 Å². The summed E-state index contributed by atoms with van der Waals surface area (Å²) in [5.41, 5.74) is 1.14. The minimum atomic E-state index is -0.354. The van der Waals surface area contributed by atoms with E-state index < -0.39 is 0 Å². The monoisotopic (exact) mass is 244 g/mol. The lowest BCUT2D eigenvalue weighted by atomic mass is 10.1. The summed E-state index contributed by atoms with van der Waals surface area (Å²) in [7, 11) is 0. The van der Waals surface area contributed by atoms with Crippen LogP contribution in [-0.4, -0.2) is 20.5 Å². The average molecular weight is 244 g/mol. The highest BCUT2D eigenvalue weighted by atomic mass is 32.2. The van der Waals surface area contributed by atoms with E-state index in [1.165, 1.54) is 11.8 Å². The van der Waals surface area contributed by atoms with Crippen molar-refractivity contribution in [2.45, 2.75) is 12.5 Å². The number of hydrogen-bond donors (Lipinski definition) is 2. The Morgan fingerprint density at radius 3 is 2.64 bits per heavy atom. The molecule has 76 valence electrons. The highest BCUT2D eigenvalue weighted by Gasteiger charge is 2.05. The van der Waals surface area contributed by atoms with E-state index in [1.807, 2.05) is 30.3 Å². The fraction of sp³-hybridized carbons (Fsp3) is 0.300. The molecule has 0 saturated heterocycles. The third kappa shape index (κ3) is 5.00. The lowest BCUT2D eigenvalue weighted by Crippen LogP contribution is -2.13. The molecule has 1 rings (SSSR count). The number of thiol groups is 1. The van der Waals surface area contributed by atoms with E-state index in [1.54, 1.807) is 0 Å². The minimum absolute atomic E-state index is 0.354. The van der Waals surface area contributed by atoms with Crippen LogP contribution in [0.25, 0.3) is 0 Å². The lowest BCUT2D eigenvalue weighted by Gasteiger charge is -2.08. The van der Waals surface area contributed by atoms with Crippen LogP contribution in [0.5, 0.6) is 0 Å². The molecule has 1 nitrogen and oxygen atoms in total. The van der Waals surface area contributed by atoms with Gasteiger partial charge in [-0.15, -0.1) is 24.4 Å². The number of aliphatic hydroxyl groups is 1. The van der Waals surface area contributed by atoms with Crippen molar-refractivity contribution < 1.29 is 5.11 Å². The number of thioether (sulfide) groups is 1. The van der Waals surface area contributed by atoms with Crippen molar-refractivity contribution in [3.8, 4) is 0 Å². The van der Waals surface area contributed by atoms with Gasteiger partial charge < -0.3 is 5.11 Å². The van der Waals surface area contributed by atoms with Crippen LogP contribution in [0.1, 0.15) is 5.56 Å². The first-order chi connectivity index (χ1) is 6.68. The van der Waals surface area contributed by atoms with Crippen molar-refractivity contribution in [3.63, 3.8) is 0 Å². The van der Waals surface area contributed by atoms with Gasteiger partial charge in [0, 0.05) is 5.75 Å². The SMILES string of the molecule is OC(CSC(=S)S)Cc1ccccc1. The third-order valence-electron chi connectivity index (χ3n) is 1.71. The highest BCUT2D eigenvalue weighted by Crippen LogP contribution is 2.12. The van der Waals surface area contributed by atoms with Gasteiger partial charge in [0.1, 0.15) is 3.53 Å². The van der Waals surface area contributed by atoms with Gasteiger partial charge in [-0.2, -0.15) is 0 Å². The molecule has 0 fully saturated rings. The molecule has 1 aromatic carbocycles. The molecule has 1 atom stereocenters. The summed E-state index contributed by atoms with van der Waals surface area (Å²) in [5.74, 6) is 0.608. The molecule has 1 aromatic rings. The van der Waals surface area contributed by atoms with Gasteiger partial charge in [-0.05, 0) is 12.0 Å². The molecule has 0 saturated carbocycles. The Morgan fingerprint density at radius 1 is 1.43 bits per heavy atom. The Bertz CT molecular complexity index is 287. The molecule has 0 spiro atoms. The van der Waals surface area contributed by atoms with Crippen LogP contribution in [0.15, 0.2) is 30.3 Å². The van der Waals surface area contributed by atoms with E-state index in [0.717, 1.165) is 5.56 Å². The smallest absolute Gasteiger partial charge is 0.101 e. The van der Waals surface area contributed by atoms with Gasteiger partial charge in [0.15, 0.2) is 0 Å². The summed E-state index contributed by atoms with van der Waals surface area (Å²) in [5, 5.41) is 9.64. The Morgan fingerprint density at radius 2 is 2.07 bits per heavy atom. The zero-order chi connectivity index (χ0) is 10.4. The molecule has 1 unspecified atom stereocenters. The van der Waals surface area contributed by atoms with Gasteiger partial charge in [0.2, 0.25) is 0 Å². The van der Waals surface area contributed by atoms with Crippen LogP contribution in [0, 0.1) is 0 Å². The third-order valence-corrected chi connectivity index (χ3v) is 3.25. The Kier molecular flexibility index (Phi) is 5.55. The number of aliphatic hydroxyl groups excluding tert-OH is 1. The second-order valence-corrected chi connectivity index (χ2v) is 5.67. The topological polar surface area (TPSA) is 20.2 Å². The zero-order valence-corrected chi connectivity index (χ0v) is 10.1. The standard InChI is InChI=1S/C10H12OS3/c11-9(7-14-10(12)13)6-8-4-2-1-3-5-8/h1-5,9,11H,6-7H2,(H,12,13). The Labute approximate surface area is 99.3 Å². The Hall–Kier alpha value is -0.0300. The van der Waals surface area contributed by atoms with Gasteiger partial charge in [0.05, 0.1) is 6.10 Å². The van der Waals surface area contributed by atoms with Crippen molar-refractivity contribution >= 4 is 40.1 Å². The predicted octanol–water partition coefficient (Wildman–Crippen LogP) is 2.54. The first-order valence-corrected chi connectivity index (χ1v) is 6.10. The summed E-state index contributed by atoms with van der Waals surface area (Å²) in [6, 6.07) is 9.92. The molecule has 0 aliphatic rings. The van der Waals surface area contributed by atoms with Crippen LogP contribution in [0.2, 0.25) is 0 Å². The van der Waals surface area contributed by atoms with Crippen LogP contribution in [0.4, 0.5) is 0 Å². The molecule has 1 N–H and O–H groups in total. The molecule has 0 aliphatic carbocycles. The molecular weight excluding hydrogens is 232 g/mol. The predicted molar refractivity (Wildman–Crippen MR) is 70.2 cm³/mol. The summed E-state index contributed by atoms with van der Waals surface area (Å²) in [6.45, 7) is 0. The molecule has 0 radical (unpaired) electrons. The summed E-state index contributed by atoms with van der Waals surface area (Å²) in [4.78, 5) is 0. The van der Waals surface area contributed by atoms with E-state index in [9.17, 15) is 5.11 Å². The second-order valence-electron chi connectivity index (χ2n) is 2.92. The number of rotatable bonds is 4. The molecule has 0 aliphatic heterocycles. The largest absolute Gasteiger partial charge is 0.392 e. The summed E-state index contributed by atoms with van der Waals surface area (Å²) < 4.78 is 0.581. The molecule has 4 heteroatoms. The van der Waals surface area contributed by atoms with E-state index in [2.05, 4.69) is 12.6 Å². The van der Waals surface area contributed by atoms with Crippen molar-refractivity contribution in [1.29, 1.82) is 0 Å². The van der Waals surface area contributed by atoms with Crippen molar-refractivity contribution in [2.24, 2.45) is 0 Å². The van der Waals surface area contributed by atoms with Crippen molar-refractivity contribution in [1.82, 2.24) is 0 Å². The first-order valence-electron chi connectivity index (χ1n) is 4.26. The molecule has 0 bridgehead atoms. The number of benzene rings is 1. The lowest BCUT2D eigenvalue weighted by molar-refractivity contribution is 0.200. The van der Waals surface area contributed by atoms with E-state index in [-0.39, 0.29) is 6.10 Å². The summed E-state index contributed by atoms with van der Waals surface area (Å²) in [6.07, 6.45) is 0.317. The maximum absolute atomic E-state index is 9.64. The number of thiocarbonyl (C=S) groups is 1. The van der Waals surface area contributed by atoms with Crippen molar-refractivity contribution in [2.75, 3.05) is 5.75 Å². The minimum Gasteiger partial charge on any atom is -0.392 e. The maximum atomic E-state index is 9.64. The molecule has 14 heavy (non-hydrogen) atoms. The molecular formula is C10H12OS3. The van der Waals surface area contributed by atoms with Crippen molar-refractivity contribution in [3.05, 3.63) is 35.9 Å². The quantitative estimate of drug-likeness (QED) is 0.627. The van der Waals surface area contributed by atoms with Gasteiger partial charge in [-0.3, -0.25) is 0 Å². The van der Waals surface area contributed by atoms with Gasteiger partial charge in [-0.25, -0.2) is 0 Å². The van der Waals surface area contributed by atoms with E-state index in [0.29, 0.717) is 15.7 Å². The zero-order valence-electron chi connectivity index (χ0n) is 7.59. The fourth-order valence-electron chi connectivity index (χ4n) is 1.11.